The van der Waals surface area contributed by atoms with Crippen molar-refractivity contribution in [3.05, 3.63) is 22.7 Å². The van der Waals surface area contributed by atoms with Gasteiger partial charge in [-0.25, -0.2) is 21.6 Å². The van der Waals surface area contributed by atoms with Crippen LogP contribution in [0.15, 0.2) is 32.5 Å². The lowest BCUT2D eigenvalue weighted by Crippen LogP contribution is -2.47. The van der Waals surface area contributed by atoms with Crippen LogP contribution in [-0.2, 0) is 19.9 Å². The number of alkyl halides is 3. The van der Waals surface area contributed by atoms with Crippen LogP contribution in [-0.4, -0.2) is 35.3 Å². The first-order valence-corrected chi connectivity index (χ1v) is 11.6. The zero-order chi connectivity index (χ0) is 19.0. The average Bonchev–Trinajstić information content (AvgIpc) is 2.45. The van der Waals surface area contributed by atoms with Crippen molar-refractivity contribution in [1.29, 1.82) is 0 Å². The molecule has 0 heterocycles. The van der Waals surface area contributed by atoms with Crippen LogP contribution in [0.25, 0.3) is 0 Å². The maximum atomic E-state index is 13.1. The molecule has 1 fully saturated rings. The predicted octanol–water partition coefficient (Wildman–Crippen LogP) is 3.25. The van der Waals surface area contributed by atoms with Gasteiger partial charge in [0.15, 0.2) is 9.84 Å². The number of hydrogen-bond acceptors (Lipinski definition) is 4. The summed E-state index contributed by atoms with van der Waals surface area (Å²) in [5.74, 6) is -1.76. The molecule has 0 saturated heterocycles. The molecule has 0 spiro atoms. The molecular formula is C14H17BrF3NO4S2. The number of benzene rings is 1. The van der Waals surface area contributed by atoms with Crippen molar-refractivity contribution in [3.8, 4) is 0 Å². The Labute approximate surface area is 153 Å². The highest BCUT2D eigenvalue weighted by atomic mass is 79.9. The lowest BCUT2D eigenvalue weighted by molar-refractivity contribution is -0.187. The van der Waals surface area contributed by atoms with Crippen LogP contribution < -0.4 is 4.72 Å². The van der Waals surface area contributed by atoms with Crippen LogP contribution >= 0.6 is 15.9 Å². The largest absolute Gasteiger partial charge is 0.393 e. The van der Waals surface area contributed by atoms with E-state index in [0.717, 1.165) is 12.3 Å². The van der Waals surface area contributed by atoms with Crippen molar-refractivity contribution < 1.29 is 30.0 Å². The van der Waals surface area contributed by atoms with E-state index < -0.39 is 42.9 Å². The van der Waals surface area contributed by atoms with E-state index in [0.29, 0.717) is 12.8 Å². The molecule has 0 aliphatic heterocycles. The Morgan fingerprint density at radius 1 is 1.12 bits per heavy atom. The highest BCUT2D eigenvalue weighted by Gasteiger charge is 2.46. The highest BCUT2D eigenvalue weighted by molar-refractivity contribution is 9.10. The first-order chi connectivity index (χ1) is 11.3. The molecule has 0 radical (unpaired) electrons. The molecule has 1 N–H and O–H groups in total. The van der Waals surface area contributed by atoms with Gasteiger partial charge in [-0.2, -0.15) is 13.2 Å². The number of sulfone groups is 1. The second-order valence-electron chi connectivity index (χ2n) is 6.02. The monoisotopic (exact) mass is 463 g/mol. The fourth-order valence-electron chi connectivity index (χ4n) is 2.85. The Morgan fingerprint density at radius 2 is 1.72 bits per heavy atom. The quantitative estimate of drug-likeness (QED) is 0.742. The molecule has 5 nitrogen and oxygen atoms in total. The molecule has 25 heavy (non-hydrogen) atoms. The van der Waals surface area contributed by atoms with E-state index in [2.05, 4.69) is 20.7 Å². The molecule has 1 aromatic rings. The summed E-state index contributed by atoms with van der Waals surface area (Å²) in [5.41, 5.74) is 0. The smallest absolute Gasteiger partial charge is 0.224 e. The first kappa shape index (κ1) is 20.7. The molecule has 2 rings (SSSR count). The summed E-state index contributed by atoms with van der Waals surface area (Å²) in [6.45, 7) is 0. The van der Waals surface area contributed by atoms with Gasteiger partial charge in [-0.05, 0) is 47.0 Å². The zero-order valence-corrected chi connectivity index (χ0v) is 16.4. The fraction of sp³-hybridized carbons (Fsp3) is 0.571. The van der Waals surface area contributed by atoms with Crippen molar-refractivity contribution >= 4 is 35.8 Å². The summed E-state index contributed by atoms with van der Waals surface area (Å²) in [6.07, 6.45) is -2.77. The fourth-order valence-corrected chi connectivity index (χ4v) is 5.87. The maximum Gasteiger partial charge on any atom is 0.393 e. The molecule has 1 aromatic carbocycles. The number of sulfonamides is 1. The van der Waals surface area contributed by atoms with E-state index in [4.69, 9.17) is 0 Å². The molecule has 0 aromatic heterocycles. The molecule has 11 heteroatoms. The second-order valence-corrected chi connectivity index (χ2v) is 10.6. The summed E-state index contributed by atoms with van der Waals surface area (Å²) < 4.78 is 90.0. The molecule has 1 aliphatic carbocycles. The third-order valence-electron chi connectivity index (χ3n) is 4.11. The van der Waals surface area contributed by atoms with Gasteiger partial charge in [0.05, 0.1) is 15.7 Å². The number of nitrogens with one attached hydrogen (secondary N) is 1. The summed E-state index contributed by atoms with van der Waals surface area (Å²) in [5, 5.41) is 0. The Bertz CT molecular complexity index is 853. The van der Waals surface area contributed by atoms with Crippen LogP contribution in [0.4, 0.5) is 13.2 Å². The summed E-state index contributed by atoms with van der Waals surface area (Å²) in [6, 6.07) is 2.13. The molecule has 142 valence electrons. The van der Waals surface area contributed by atoms with Crippen molar-refractivity contribution in [3.63, 3.8) is 0 Å². The van der Waals surface area contributed by atoms with Crippen molar-refractivity contribution in [2.24, 2.45) is 5.92 Å². The molecule has 1 aliphatic rings. The standard InChI is InChI=1S/C14H17BrF3NO4S2/c1-24(20,21)9-6-7-11(15)13(8-9)25(22,23)19-12-5-3-2-4-10(12)14(16,17)18/h6-8,10,12,19H,2-5H2,1H3. The van der Waals surface area contributed by atoms with E-state index in [-0.39, 0.29) is 22.2 Å². The van der Waals surface area contributed by atoms with Gasteiger partial charge in [0.25, 0.3) is 0 Å². The van der Waals surface area contributed by atoms with Crippen molar-refractivity contribution in [2.45, 2.75) is 47.7 Å². The third-order valence-corrected chi connectivity index (χ3v) is 7.71. The summed E-state index contributed by atoms with van der Waals surface area (Å²) in [4.78, 5) is -0.631. The van der Waals surface area contributed by atoms with Crippen molar-refractivity contribution in [2.75, 3.05) is 6.26 Å². The van der Waals surface area contributed by atoms with E-state index in [1.807, 2.05) is 0 Å². The minimum Gasteiger partial charge on any atom is -0.224 e. The first-order valence-electron chi connectivity index (χ1n) is 7.41. The van der Waals surface area contributed by atoms with Crippen LogP contribution in [0.2, 0.25) is 0 Å². The van der Waals surface area contributed by atoms with Crippen LogP contribution in [0, 0.1) is 5.92 Å². The van der Waals surface area contributed by atoms with Crippen LogP contribution in [0.5, 0.6) is 0 Å². The predicted molar refractivity (Wildman–Crippen MR) is 89.4 cm³/mol. The van der Waals surface area contributed by atoms with E-state index in [1.54, 1.807) is 0 Å². The summed E-state index contributed by atoms with van der Waals surface area (Å²) >= 11 is 3.02. The SMILES string of the molecule is CS(=O)(=O)c1ccc(Br)c(S(=O)(=O)NC2CCCCC2C(F)(F)F)c1. The normalized spacial score (nSPS) is 22.8. The van der Waals surface area contributed by atoms with E-state index in [1.165, 1.54) is 12.1 Å². The molecule has 2 unspecified atom stereocenters. The third kappa shape index (κ3) is 4.95. The average molecular weight is 464 g/mol. The number of halogens is 4. The Balaban J connectivity index is 2.39. The Morgan fingerprint density at radius 3 is 2.28 bits per heavy atom. The van der Waals surface area contributed by atoms with Crippen molar-refractivity contribution in [1.82, 2.24) is 4.72 Å². The van der Waals surface area contributed by atoms with Gasteiger partial charge in [0.1, 0.15) is 0 Å². The Hall–Kier alpha value is -0.650. The van der Waals surface area contributed by atoms with Gasteiger partial charge in [-0.1, -0.05) is 12.8 Å². The van der Waals surface area contributed by atoms with E-state index in [9.17, 15) is 30.0 Å². The lowest BCUT2D eigenvalue weighted by atomic mass is 9.85. The molecule has 2 atom stereocenters. The number of hydrogen-bond donors (Lipinski definition) is 1. The zero-order valence-electron chi connectivity index (χ0n) is 13.2. The van der Waals surface area contributed by atoms with Gasteiger partial charge >= 0.3 is 6.18 Å². The van der Waals surface area contributed by atoms with Crippen LogP contribution in [0.3, 0.4) is 0 Å². The van der Waals surface area contributed by atoms with Crippen LogP contribution in [0.1, 0.15) is 25.7 Å². The minimum absolute atomic E-state index is 0.0757. The minimum atomic E-state index is -4.50. The Kier molecular flexibility index (Phi) is 5.92. The lowest BCUT2D eigenvalue weighted by Gasteiger charge is -2.33. The van der Waals surface area contributed by atoms with E-state index >= 15 is 0 Å². The highest BCUT2D eigenvalue weighted by Crippen LogP contribution is 2.38. The number of rotatable bonds is 4. The molecule has 1 saturated carbocycles. The van der Waals surface area contributed by atoms with Gasteiger partial charge < -0.3 is 0 Å². The van der Waals surface area contributed by atoms with Gasteiger partial charge in [0, 0.05) is 16.8 Å². The maximum absolute atomic E-state index is 13.1. The van der Waals surface area contributed by atoms with Gasteiger partial charge in [-0.3, -0.25) is 0 Å². The second kappa shape index (κ2) is 7.16. The topological polar surface area (TPSA) is 80.3 Å². The molecule has 0 amide bonds. The van der Waals surface area contributed by atoms with Gasteiger partial charge in [-0.15, -0.1) is 0 Å². The summed E-state index contributed by atoms with van der Waals surface area (Å²) in [7, 11) is -7.99. The van der Waals surface area contributed by atoms with Gasteiger partial charge in [0.2, 0.25) is 10.0 Å². The molecular weight excluding hydrogens is 447 g/mol. The molecule has 0 bridgehead atoms.